The van der Waals surface area contributed by atoms with Gasteiger partial charge in [0, 0.05) is 15.2 Å². The predicted molar refractivity (Wildman–Crippen MR) is 115 cm³/mol. The highest BCUT2D eigenvalue weighted by Crippen LogP contribution is 2.29. The number of nitrogens with one attached hydrogen (secondary N) is 2. The van der Waals surface area contributed by atoms with Gasteiger partial charge in [-0.25, -0.2) is 13.1 Å². The number of benzene rings is 1. The lowest BCUT2D eigenvalue weighted by atomic mass is 10.0. The maximum absolute atomic E-state index is 13.2. The van der Waals surface area contributed by atoms with E-state index in [9.17, 15) is 18.0 Å². The summed E-state index contributed by atoms with van der Waals surface area (Å²) in [5.41, 5.74) is 0.659. The lowest BCUT2D eigenvalue weighted by molar-refractivity contribution is 0.101. The summed E-state index contributed by atoms with van der Waals surface area (Å²) >= 11 is 0.716. The minimum Gasteiger partial charge on any atom is -0.337 e. The molecule has 0 spiro atoms. The molecule has 0 unspecified atom stereocenters. The molecule has 2 aromatic heterocycles. The molecular formula is C20H21N3O5S2. The molecule has 0 fully saturated rings. The molecule has 3 rings (SSSR count). The van der Waals surface area contributed by atoms with E-state index in [2.05, 4.69) is 5.16 Å². The highest BCUT2D eigenvalue weighted by atomic mass is 32.2. The normalized spacial score (nSPS) is 14.2. The molecule has 0 bridgehead atoms. The molecule has 30 heavy (non-hydrogen) atoms. The monoisotopic (exact) mass is 452 g/mol. The van der Waals surface area contributed by atoms with E-state index in [1.54, 1.807) is 19.9 Å². The second-order valence-electron chi connectivity index (χ2n) is 6.58. The highest BCUT2D eigenvalue weighted by molar-refractivity contribution is 7.93. The number of aryl methyl sites for hydroxylation is 3. The number of Topliss-reactive ketones (excluding diaryl/α,β-unsaturated/α-hetero) is 1. The Balaban J connectivity index is 2.08. The fourth-order valence-corrected chi connectivity index (χ4v) is 4.98. The Morgan fingerprint density at radius 2 is 2.00 bits per heavy atom. The predicted octanol–water partition coefficient (Wildman–Crippen LogP) is 4.23. The van der Waals surface area contributed by atoms with E-state index in [1.807, 2.05) is 0 Å². The lowest BCUT2D eigenvalue weighted by Crippen LogP contribution is -2.20. The van der Waals surface area contributed by atoms with Crippen LogP contribution in [-0.2, 0) is 10.0 Å². The number of thiophene rings is 1. The molecule has 3 aromatic rings. The van der Waals surface area contributed by atoms with Crippen LogP contribution in [0.15, 0.2) is 33.0 Å². The Morgan fingerprint density at radius 1 is 1.27 bits per heavy atom. The molecule has 0 aliphatic rings. The fourth-order valence-electron chi connectivity index (χ4n) is 2.76. The second-order valence-corrected chi connectivity index (χ2v) is 9.07. The van der Waals surface area contributed by atoms with Crippen LogP contribution in [0, 0.1) is 27.6 Å². The molecule has 0 radical (unpaired) electrons. The van der Waals surface area contributed by atoms with Crippen LogP contribution in [0.4, 0.5) is 11.6 Å². The van der Waals surface area contributed by atoms with E-state index in [-0.39, 0.29) is 27.4 Å². The van der Waals surface area contributed by atoms with Crippen LogP contribution >= 0.6 is 11.3 Å². The zero-order chi connectivity index (χ0) is 26.5. The van der Waals surface area contributed by atoms with Crippen molar-refractivity contribution in [2.24, 2.45) is 0 Å². The summed E-state index contributed by atoms with van der Waals surface area (Å²) < 4.78 is 70.6. The second kappa shape index (κ2) is 8.04. The first-order valence-electron chi connectivity index (χ1n) is 11.0. The van der Waals surface area contributed by atoms with E-state index in [1.165, 1.54) is 25.3 Å². The maximum atomic E-state index is 13.2. The molecule has 8 nitrogen and oxygen atoms in total. The molecule has 1 amide bonds. The first-order valence-corrected chi connectivity index (χ1v) is 10.9. The van der Waals surface area contributed by atoms with Crippen LogP contribution in [0.5, 0.6) is 0 Å². The van der Waals surface area contributed by atoms with E-state index >= 15 is 0 Å². The van der Waals surface area contributed by atoms with Crippen molar-refractivity contribution in [3.63, 3.8) is 0 Å². The van der Waals surface area contributed by atoms with Crippen molar-refractivity contribution in [1.29, 1.82) is 0 Å². The Kier molecular flexibility index (Phi) is 4.23. The zero-order valence-corrected chi connectivity index (χ0v) is 18.1. The van der Waals surface area contributed by atoms with Gasteiger partial charge in [-0.15, -0.1) is 11.3 Å². The van der Waals surface area contributed by atoms with Gasteiger partial charge in [0.05, 0.1) is 11.4 Å². The van der Waals surface area contributed by atoms with Crippen LogP contribution < -0.4 is 10.0 Å². The largest absolute Gasteiger partial charge is 0.337 e. The minimum atomic E-state index is -4.82. The molecule has 0 atom stereocenters. The molecule has 10 heteroatoms. The minimum absolute atomic E-state index is 0.00289. The zero-order valence-electron chi connectivity index (χ0n) is 21.5. The first kappa shape index (κ1) is 15.8. The van der Waals surface area contributed by atoms with E-state index < -0.39 is 44.0 Å². The third-order valence-corrected chi connectivity index (χ3v) is 6.52. The highest BCUT2D eigenvalue weighted by Gasteiger charge is 2.27. The number of carbonyl (C=O) groups is 2. The molecule has 0 saturated heterocycles. The summed E-state index contributed by atoms with van der Waals surface area (Å²) in [5.74, 6) is -2.26. The van der Waals surface area contributed by atoms with Gasteiger partial charge >= 0.3 is 0 Å². The van der Waals surface area contributed by atoms with Crippen molar-refractivity contribution in [2.45, 2.75) is 39.4 Å². The fraction of sp³-hybridized carbons (Fsp3) is 0.250. The average Bonchev–Trinajstić information content (AvgIpc) is 3.38. The van der Waals surface area contributed by atoms with Crippen LogP contribution in [0.25, 0.3) is 0 Å². The lowest BCUT2D eigenvalue weighted by Gasteiger charge is -2.14. The van der Waals surface area contributed by atoms with Crippen molar-refractivity contribution in [3.8, 4) is 0 Å². The molecule has 0 aliphatic heterocycles. The summed E-state index contributed by atoms with van der Waals surface area (Å²) in [4.78, 5) is 24.4. The summed E-state index contributed by atoms with van der Waals surface area (Å²) in [6.07, 6.45) is 0. The average molecular weight is 453 g/mol. The van der Waals surface area contributed by atoms with Gasteiger partial charge in [-0.1, -0.05) is 11.2 Å². The van der Waals surface area contributed by atoms with Crippen molar-refractivity contribution in [2.75, 3.05) is 10.0 Å². The van der Waals surface area contributed by atoms with Crippen molar-refractivity contribution >= 4 is 44.6 Å². The third kappa shape index (κ3) is 4.14. The number of hydrogen-bond donors (Lipinski definition) is 2. The topological polar surface area (TPSA) is 118 Å². The number of aromatic nitrogens is 1. The number of nitrogens with zero attached hydrogens (tertiary/aromatic N) is 1. The van der Waals surface area contributed by atoms with Gasteiger partial charge in [-0.2, -0.15) is 0 Å². The van der Waals surface area contributed by atoms with Crippen LogP contribution in [0.3, 0.4) is 0 Å². The Bertz CT molecular complexity index is 1430. The number of rotatable bonds is 6. The van der Waals surface area contributed by atoms with Gasteiger partial charge in [-0.05, 0) is 63.2 Å². The molecule has 158 valence electrons. The molecular weight excluding hydrogens is 426 g/mol. The Morgan fingerprint density at radius 3 is 2.67 bits per heavy atom. The smallest absolute Gasteiger partial charge is 0.267 e. The van der Waals surface area contributed by atoms with Crippen LogP contribution in [0.2, 0.25) is 2.82 Å². The molecule has 1 aromatic carbocycles. The van der Waals surface area contributed by atoms with E-state index in [4.69, 9.17) is 11.5 Å². The molecule has 2 heterocycles. The van der Waals surface area contributed by atoms with Crippen molar-refractivity contribution in [1.82, 2.24) is 5.16 Å². The van der Waals surface area contributed by atoms with Gasteiger partial charge in [0.2, 0.25) is 5.88 Å². The van der Waals surface area contributed by atoms with Gasteiger partial charge in [-0.3, -0.25) is 9.59 Å². The molecule has 0 aliphatic carbocycles. The van der Waals surface area contributed by atoms with Gasteiger partial charge in [0.1, 0.15) is 9.77 Å². The van der Waals surface area contributed by atoms with Gasteiger partial charge < -0.3 is 9.83 Å². The third-order valence-electron chi connectivity index (χ3n) is 4.19. The summed E-state index contributed by atoms with van der Waals surface area (Å²) in [6, 6.07) is 4.27. The van der Waals surface area contributed by atoms with Gasteiger partial charge in [0.15, 0.2) is 8.61 Å². The number of hydrogen-bond acceptors (Lipinski definition) is 7. The number of anilines is 2. The van der Waals surface area contributed by atoms with Crippen LogP contribution in [0.1, 0.15) is 53.4 Å². The van der Waals surface area contributed by atoms with Crippen molar-refractivity contribution < 1.29 is 29.5 Å². The summed E-state index contributed by atoms with van der Waals surface area (Å²) in [7, 11) is -4.82. The number of amides is 1. The standard InChI is InChI=1S/C20H21N3O5S2/c1-10-8-11(2)17(15(9-10)14(5)24)21-19(25)18-16(6-7-29-18)30(26,27)23-20-12(3)13(4)22-28-20/h6-9,23H,1-5H3,(H,21,25)/i3D3/hD2. The number of carbonyl (C=O) groups excluding carboxylic acids is 2. The first-order chi connectivity index (χ1) is 16.1. The number of sulfonamides is 1. The number of ketones is 1. The SMILES string of the molecule is [2H]N(C(=O)c1sccc1S(=O)(=O)N([2H])c1onc(C)c1C([2H])([2H])[2H])c1c(C)cc(C)cc1C(C)=O. The maximum Gasteiger partial charge on any atom is 0.267 e. The summed E-state index contributed by atoms with van der Waals surface area (Å²) in [6.45, 7) is 3.14. The summed E-state index contributed by atoms with van der Waals surface area (Å²) in [5, 5.41) is 5.20. The van der Waals surface area contributed by atoms with Gasteiger partial charge in [0.25, 0.3) is 15.9 Å². The van der Waals surface area contributed by atoms with Crippen molar-refractivity contribution in [3.05, 3.63) is 56.4 Å². The quantitative estimate of drug-likeness (QED) is 0.541. The Labute approximate surface area is 185 Å². The van der Waals surface area contributed by atoms with E-state index in [0.717, 1.165) is 11.6 Å². The van der Waals surface area contributed by atoms with E-state index in [0.29, 0.717) is 22.2 Å². The Hall–Kier alpha value is -2.98. The molecule has 2 N–H and O–H groups in total. The molecule has 0 saturated carbocycles. The van der Waals surface area contributed by atoms with Crippen LogP contribution in [-0.4, -0.2) is 25.3 Å².